The van der Waals surface area contributed by atoms with Crippen molar-refractivity contribution < 1.29 is 37.0 Å². The van der Waals surface area contributed by atoms with Crippen LogP contribution in [0.25, 0.3) is 0 Å². The second-order valence-corrected chi connectivity index (χ2v) is 13.8. The maximum atomic E-state index is 14.7. The normalized spacial score (nSPS) is 28.3. The number of aliphatic hydroxyl groups excluding tert-OH is 1. The number of aromatic nitrogens is 2. The SMILES string of the molecule is CCOC(=O)[C@H]1CC[C@H](n2ncc(C(=O)N(CC(O)c3c(Cl)ccc(F)c3Cl)[C@H]3C[C@@H]4[C@H](C3)C4(C)C)c2C(F)(F)F)C[C@H]1C. The van der Waals surface area contributed by atoms with Crippen LogP contribution >= 0.6 is 23.2 Å². The van der Waals surface area contributed by atoms with Crippen molar-refractivity contribution in [3.63, 3.8) is 0 Å². The third kappa shape index (κ3) is 5.96. The van der Waals surface area contributed by atoms with Crippen molar-refractivity contribution in [1.82, 2.24) is 14.7 Å². The topological polar surface area (TPSA) is 84.7 Å². The van der Waals surface area contributed by atoms with E-state index in [1.807, 2.05) is 0 Å². The van der Waals surface area contributed by atoms with Crippen molar-refractivity contribution in [2.75, 3.05) is 13.2 Å². The summed E-state index contributed by atoms with van der Waals surface area (Å²) in [4.78, 5) is 27.7. The Morgan fingerprint density at radius 1 is 1.18 bits per heavy atom. The molecule has 1 unspecified atom stereocenters. The van der Waals surface area contributed by atoms with Crippen molar-refractivity contribution in [2.24, 2.45) is 29.1 Å². The van der Waals surface area contributed by atoms with Gasteiger partial charge in [-0.25, -0.2) is 4.39 Å². The summed E-state index contributed by atoms with van der Waals surface area (Å²) in [6.07, 6.45) is -3.57. The lowest BCUT2D eigenvalue weighted by atomic mass is 9.78. The molecule has 44 heavy (non-hydrogen) atoms. The van der Waals surface area contributed by atoms with E-state index in [4.69, 9.17) is 27.9 Å². The number of carbonyl (C=O) groups is 2. The second-order valence-electron chi connectivity index (χ2n) is 13.0. The van der Waals surface area contributed by atoms with Crippen LogP contribution < -0.4 is 0 Å². The quantitative estimate of drug-likeness (QED) is 0.180. The molecule has 0 bridgehead atoms. The Labute approximate surface area is 263 Å². The second kappa shape index (κ2) is 12.1. The standard InChI is InChI=1S/C31H37Cl2F4N3O4/c1-5-44-29(43)18-7-6-16(10-15(18)2)40-27(31(35,36)37)19(13-38-40)28(42)39(17-11-20-21(12-17)30(20,3)4)14-24(41)25-22(32)8-9-23(34)26(25)33/h8-9,13,15-18,20-21,24,41H,5-7,10-12,14H2,1-4H3/t15-,16+,17-,18+,20+,21-,24?/m1/s1. The Morgan fingerprint density at radius 2 is 1.84 bits per heavy atom. The summed E-state index contributed by atoms with van der Waals surface area (Å²) in [7, 11) is 0. The maximum absolute atomic E-state index is 14.7. The summed E-state index contributed by atoms with van der Waals surface area (Å²) in [6.45, 7) is 7.53. The van der Waals surface area contributed by atoms with Gasteiger partial charge in [0.15, 0.2) is 5.69 Å². The van der Waals surface area contributed by atoms with Crippen molar-refractivity contribution in [3.8, 4) is 0 Å². The minimum atomic E-state index is -4.91. The van der Waals surface area contributed by atoms with Gasteiger partial charge in [-0.2, -0.15) is 18.3 Å². The summed E-state index contributed by atoms with van der Waals surface area (Å²) in [5.41, 5.74) is -1.85. The van der Waals surface area contributed by atoms with E-state index in [9.17, 15) is 32.3 Å². The fourth-order valence-electron chi connectivity index (χ4n) is 7.68. The number of hydrogen-bond donors (Lipinski definition) is 1. The fourth-order valence-corrected chi connectivity index (χ4v) is 8.30. The van der Waals surface area contributed by atoms with Crippen molar-refractivity contribution >= 4 is 35.1 Å². The molecule has 3 aliphatic carbocycles. The zero-order chi connectivity index (χ0) is 32.3. The molecule has 3 saturated carbocycles. The van der Waals surface area contributed by atoms with Gasteiger partial charge in [-0.3, -0.25) is 14.3 Å². The van der Waals surface area contributed by atoms with E-state index in [1.54, 1.807) is 13.8 Å². The van der Waals surface area contributed by atoms with Gasteiger partial charge in [0.25, 0.3) is 5.91 Å². The minimum Gasteiger partial charge on any atom is -0.466 e. The average molecular weight is 663 g/mol. The number of carbonyl (C=O) groups excluding carboxylic acids is 2. The number of ether oxygens (including phenoxy) is 1. The monoisotopic (exact) mass is 661 g/mol. The summed E-state index contributed by atoms with van der Waals surface area (Å²) < 4.78 is 64.4. The zero-order valence-electron chi connectivity index (χ0n) is 25.0. The van der Waals surface area contributed by atoms with Gasteiger partial charge in [0.1, 0.15) is 5.82 Å². The largest absolute Gasteiger partial charge is 0.466 e. The summed E-state index contributed by atoms with van der Waals surface area (Å²) in [6, 6.07) is 1.14. The highest BCUT2D eigenvalue weighted by Crippen LogP contribution is 2.67. The van der Waals surface area contributed by atoms with Gasteiger partial charge in [-0.1, -0.05) is 44.0 Å². The number of benzene rings is 1. The number of nitrogens with zero attached hydrogens (tertiary/aromatic N) is 3. The van der Waals surface area contributed by atoms with Crippen LogP contribution in [0.5, 0.6) is 0 Å². The van der Waals surface area contributed by atoms with Crippen molar-refractivity contribution in [3.05, 3.63) is 51.0 Å². The van der Waals surface area contributed by atoms with Crippen molar-refractivity contribution in [2.45, 2.75) is 84.2 Å². The van der Waals surface area contributed by atoms with Crippen LogP contribution in [-0.2, 0) is 15.7 Å². The average Bonchev–Trinajstić information content (AvgIpc) is 3.37. The van der Waals surface area contributed by atoms with Crippen LogP contribution in [0.3, 0.4) is 0 Å². The van der Waals surface area contributed by atoms with E-state index in [-0.39, 0.29) is 47.3 Å². The number of rotatable bonds is 8. The number of alkyl halides is 3. The molecule has 1 amide bonds. The molecule has 0 spiro atoms. The van der Waals surface area contributed by atoms with E-state index in [0.717, 1.165) is 16.9 Å². The first kappa shape index (κ1) is 33.0. The number of amides is 1. The smallest absolute Gasteiger partial charge is 0.433 e. The number of fused-ring (bicyclic) bond motifs is 1. The molecule has 7 atom stereocenters. The van der Waals surface area contributed by atoms with E-state index in [1.165, 1.54) is 11.0 Å². The first-order valence-corrected chi connectivity index (χ1v) is 15.8. The molecule has 1 aromatic carbocycles. The fraction of sp³-hybridized carbons (Fsp3) is 0.645. The van der Waals surface area contributed by atoms with Gasteiger partial charge in [-0.15, -0.1) is 0 Å². The van der Waals surface area contributed by atoms with Gasteiger partial charge < -0.3 is 14.7 Å². The Kier molecular flexibility index (Phi) is 9.07. The number of hydrogen-bond acceptors (Lipinski definition) is 5. The van der Waals surface area contributed by atoms with E-state index in [2.05, 4.69) is 18.9 Å². The predicted octanol–water partition coefficient (Wildman–Crippen LogP) is 7.50. The molecule has 2 aromatic rings. The molecule has 5 rings (SSSR count). The van der Waals surface area contributed by atoms with Crippen LogP contribution in [0.1, 0.15) is 93.6 Å². The Balaban J connectivity index is 1.47. The molecule has 3 fully saturated rings. The van der Waals surface area contributed by atoms with Crippen LogP contribution in [0.15, 0.2) is 18.3 Å². The molecule has 0 aliphatic heterocycles. The first-order chi connectivity index (χ1) is 20.6. The van der Waals surface area contributed by atoms with Crippen LogP contribution in [0.4, 0.5) is 17.6 Å². The van der Waals surface area contributed by atoms with Gasteiger partial charge in [0.2, 0.25) is 0 Å². The molecule has 1 aromatic heterocycles. The van der Waals surface area contributed by atoms with Crippen molar-refractivity contribution in [1.29, 1.82) is 0 Å². The number of halogens is 6. The molecule has 1 heterocycles. The summed E-state index contributed by atoms with van der Waals surface area (Å²) in [5.74, 6) is -2.20. The summed E-state index contributed by atoms with van der Waals surface area (Å²) in [5, 5.41) is 14.8. The third-order valence-corrected chi connectivity index (χ3v) is 10.9. The highest BCUT2D eigenvalue weighted by atomic mass is 35.5. The number of esters is 1. The lowest BCUT2D eigenvalue weighted by molar-refractivity contribution is -0.153. The predicted molar refractivity (Wildman–Crippen MR) is 156 cm³/mol. The molecular weight excluding hydrogens is 625 g/mol. The van der Waals surface area contributed by atoms with Crippen LogP contribution in [0.2, 0.25) is 10.0 Å². The molecular formula is C31H37Cl2F4N3O4. The summed E-state index contributed by atoms with van der Waals surface area (Å²) >= 11 is 12.4. The van der Waals surface area contributed by atoms with Gasteiger partial charge in [0.05, 0.1) is 48.0 Å². The van der Waals surface area contributed by atoms with Crippen LogP contribution in [0, 0.1) is 34.9 Å². The minimum absolute atomic E-state index is 0.0250. The Hall–Kier alpha value is -2.37. The highest BCUT2D eigenvalue weighted by molar-refractivity contribution is 6.36. The lowest BCUT2D eigenvalue weighted by Gasteiger charge is -2.35. The zero-order valence-corrected chi connectivity index (χ0v) is 26.5. The van der Waals surface area contributed by atoms with Gasteiger partial charge in [0, 0.05) is 16.6 Å². The van der Waals surface area contributed by atoms with Crippen LogP contribution in [-0.4, -0.2) is 50.9 Å². The Bertz CT molecular complexity index is 1420. The van der Waals surface area contributed by atoms with Gasteiger partial charge in [-0.05, 0) is 74.3 Å². The third-order valence-electron chi connectivity index (χ3n) is 10.2. The molecule has 1 N–H and O–H groups in total. The molecule has 3 aliphatic rings. The number of aliphatic hydroxyl groups is 1. The molecule has 0 radical (unpaired) electrons. The van der Waals surface area contributed by atoms with Gasteiger partial charge >= 0.3 is 12.1 Å². The first-order valence-electron chi connectivity index (χ1n) is 15.0. The Morgan fingerprint density at radius 3 is 2.43 bits per heavy atom. The van der Waals surface area contributed by atoms with E-state index in [0.29, 0.717) is 31.1 Å². The lowest BCUT2D eigenvalue weighted by Crippen LogP contribution is -2.43. The highest BCUT2D eigenvalue weighted by Gasteiger charge is 2.63. The van der Waals surface area contributed by atoms with E-state index >= 15 is 0 Å². The van der Waals surface area contributed by atoms with E-state index < -0.39 is 64.8 Å². The molecule has 242 valence electrons. The molecule has 7 nitrogen and oxygen atoms in total. The molecule has 0 saturated heterocycles. The maximum Gasteiger partial charge on any atom is 0.433 e. The molecule has 13 heteroatoms.